The molecule has 0 bridgehead atoms. The summed E-state index contributed by atoms with van der Waals surface area (Å²) in [4.78, 5) is 11.1. The Hall–Kier alpha value is -1.74. The van der Waals surface area contributed by atoms with E-state index < -0.39 is 48.2 Å². The number of nitrogens with one attached hydrogen (secondary N) is 1. The quantitative estimate of drug-likeness (QED) is 0.565. The van der Waals surface area contributed by atoms with Gasteiger partial charge in [0.15, 0.2) is 0 Å². The van der Waals surface area contributed by atoms with Gasteiger partial charge in [-0.05, 0) is 11.4 Å². The summed E-state index contributed by atoms with van der Waals surface area (Å²) in [7, 11) is 0. The van der Waals surface area contributed by atoms with Gasteiger partial charge in [-0.15, -0.1) is 11.3 Å². The van der Waals surface area contributed by atoms with E-state index >= 15 is 0 Å². The average molecular weight is 459 g/mol. The maximum absolute atomic E-state index is 13.4. The van der Waals surface area contributed by atoms with Crippen molar-refractivity contribution < 1.29 is 61.9 Å². The normalized spacial score (nSPS) is 14.9. The van der Waals surface area contributed by atoms with Crippen LogP contribution in [0.1, 0.15) is 4.88 Å². The van der Waals surface area contributed by atoms with Gasteiger partial charge < -0.3 is 5.32 Å². The van der Waals surface area contributed by atoms with Crippen molar-refractivity contribution >= 4 is 17.2 Å². The standard InChI is InChI=1S/C12H6F13NOS/c13-7(14,6(27)26-4-5-2-1-3-28-5)8(15,16)9(17,18)10(19,20)11(21,22)12(23,24)25/h1-3H,4H2,(H,26,27). The van der Waals surface area contributed by atoms with Gasteiger partial charge in [0.2, 0.25) is 0 Å². The molecule has 1 heterocycles. The lowest BCUT2D eigenvalue weighted by Crippen LogP contribution is -2.71. The minimum absolute atomic E-state index is 0.00756. The molecule has 16 heteroatoms. The second-order valence-electron chi connectivity index (χ2n) is 5.13. The van der Waals surface area contributed by atoms with Crippen LogP contribution in [0, 0.1) is 0 Å². The molecule has 0 spiro atoms. The van der Waals surface area contributed by atoms with Gasteiger partial charge >= 0.3 is 35.8 Å². The number of halogens is 13. The molecule has 1 aromatic heterocycles. The van der Waals surface area contributed by atoms with Crippen molar-refractivity contribution in [3.05, 3.63) is 22.4 Å². The van der Waals surface area contributed by atoms with Crippen molar-refractivity contribution in [2.24, 2.45) is 0 Å². The van der Waals surface area contributed by atoms with Gasteiger partial charge in [0.25, 0.3) is 5.91 Å². The first kappa shape index (κ1) is 24.3. The molecule has 2 nitrogen and oxygen atoms in total. The maximum atomic E-state index is 13.4. The summed E-state index contributed by atoms with van der Waals surface area (Å²) in [5.74, 6) is -41.5. The zero-order valence-corrected chi connectivity index (χ0v) is 13.5. The minimum atomic E-state index is -8.03. The molecule has 0 saturated heterocycles. The lowest BCUT2D eigenvalue weighted by atomic mass is 9.93. The topological polar surface area (TPSA) is 29.1 Å². The van der Waals surface area contributed by atoms with Gasteiger partial charge in [0.1, 0.15) is 0 Å². The highest BCUT2D eigenvalue weighted by atomic mass is 32.1. The third kappa shape index (κ3) is 3.50. The lowest BCUT2D eigenvalue weighted by Gasteiger charge is -2.39. The average Bonchev–Trinajstić information content (AvgIpc) is 3.03. The van der Waals surface area contributed by atoms with Crippen LogP contribution >= 0.6 is 11.3 Å². The molecule has 0 atom stereocenters. The van der Waals surface area contributed by atoms with Crippen molar-refractivity contribution in [1.29, 1.82) is 0 Å². The summed E-state index contributed by atoms with van der Waals surface area (Å²) < 4.78 is 167. The summed E-state index contributed by atoms with van der Waals surface area (Å²) in [6.45, 7) is -0.969. The van der Waals surface area contributed by atoms with Crippen LogP contribution in [0.5, 0.6) is 0 Å². The Bertz CT molecular complexity index is 695. The van der Waals surface area contributed by atoms with E-state index in [4.69, 9.17) is 0 Å². The Morgan fingerprint density at radius 1 is 0.786 bits per heavy atom. The second-order valence-corrected chi connectivity index (χ2v) is 6.16. The van der Waals surface area contributed by atoms with E-state index in [1.165, 1.54) is 11.4 Å². The highest BCUT2D eigenvalue weighted by Crippen LogP contribution is 2.60. The Kier molecular flexibility index (Phi) is 6.03. The zero-order valence-electron chi connectivity index (χ0n) is 12.7. The van der Waals surface area contributed by atoms with E-state index in [0.717, 1.165) is 22.7 Å². The number of thiophene rings is 1. The number of hydrogen-bond acceptors (Lipinski definition) is 2. The Labute approximate surface area is 150 Å². The number of hydrogen-bond donors (Lipinski definition) is 1. The van der Waals surface area contributed by atoms with Gasteiger partial charge in [-0.25, -0.2) is 0 Å². The highest BCUT2D eigenvalue weighted by molar-refractivity contribution is 7.09. The maximum Gasteiger partial charge on any atom is 0.460 e. The van der Waals surface area contributed by atoms with Crippen molar-refractivity contribution in [3.8, 4) is 0 Å². The highest BCUT2D eigenvalue weighted by Gasteiger charge is 2.91. The molecular formula is C12H6F13NOS. The van der Waals surface area contributed by atoms with Gasteiger partial charge in [-0.3, -0.25) is 4.79 Å². The smallest absolute Gasteiger partial charge is 0.346 e. The Balaban J connectivity index is 3.26. The number of amides is 1. The lowest BCUT2D eigenvalue weighted by molar-refractivity contribution is -0.436. The van der Waals surface area contributed by atoms with Crippen LogP contribution in [0.2, 0.25) is 0 Å². The molecule has 0 unspecified atom stereocenters. The van der Waals surface area contributed by atoms with E-state index in [0.29, 0.717) is 0 Å². The van der Waals surface area contributed by atoms with Crippen molar-refractivity contribution in [2.75, 3.05) is 0 Å². The van der Waals surface area contributed by atoms with E-state index in [1.54, 1.807) is 0 Å². The third-order valence-electron chi connectivity index (χ3n) is 3.22. The predicted molar refractivity (Wildman–Crippen MR) is 67.0 cm³/mol. The monoisotopic (exact) mass is 459 g/mol. The molecule has 0 aromatic carbocycles. The number of carbonyl (C=O) groups excluding carboxylic acids is 1. The van der Waals surface area contributed by atoms with Gasteiger partial charge in [-0.1, -0.05) is 6.07 Å². The SMILES string of the molecule is O=C(NCc1cccs1)C(F)(F)C(F)(F)C(F)(F)C(F)(F)C(F)(F)C(F)(F)F. The number of alkyl halides is 13. The summed E-state index contributed by atoms with van der Waals surface area (Å²) in [5.41, 5.74) is 0. The second kappa shape index (κ2) is 6.95. The number of carbonyl (C=O) groups is 1. The fourth-order valence-electron chi connectivity index (χ4n) is 1.60. The van der Waals surface area contributed by atoms with Crippen LogP contribution < -0.4 is 5.32 Å². The molecule has 0 fully saturated rings. The minimum Gasteiger partial charge on any atom is -0.346 e. The van der Waals surface area contributed by atoms with E-state index in [1.807, 2.05) is 0 Å². The molecule has 0 radical (unpaired) electrons. The van der Waals surface area contributed by atoms with Crippen molar-refractivity contribution in [3.63, 3.8) is 0 Å². The van der Waals surface area contributed by atoms with Gasteiger partial charge in [0.05, 0.1) is 6.54 Å². The summed E-state index contributed by atoms with van der Waals surface area (Å²) in [6.07, 6.45) is -7.49. The van der Waals surface area contributed by atoms with Crippen LogP contribution in [-0.2, 0) is 11.3 Å². The Morgan fingerprint density at radius 3 is 1.64 bits per heavy atom. The first-order valence-corrected chi connectivity index (χ1v) is 7.39. The van der Waals surface area contributed by atoms with Gasteiger partial charge in [-0.2, -0.15) is 57.1 Å². The molecule has 0 aliphatic carbocycles. The third-order valence-corrected chi connectivity index (χ3v) is 4.10. The van der Waals surface area contributed by atoms with E-state index in [9.17, 15) is 61.9 Å². The van der Waals surface area contributed by atoms with Crippen LogP contribution in [-0.4, -0.2) is 41.7 Å². The molecule has 28 heavy (non-hydrogen) atoms. The first-order valence-electron chi connectivity index (χ1n) is 6.51. The summed E-state index contributed by atoms with van der Waals surface area (Å²) >= 11 is 0.759. The zero-order chi connectivity index (χ0) is 22.4. The number of rotatable bonds is 7. The van der Waals surface area contributed by atoms with Crippen LogP contribution in [0.4, 0.5) is 57.1 Å². The van der Waals surface area contributed by atoms with Crippen LogP contribution in [0.25, 0.3) is 0 Å². The first-order chi connectivity index (χ1) is 12.2. The molecule has 0 saturated carbocycles. The van der Waals surface area contributed by atoms with Crippen LogP contribution in [0.15, 0.2) is 17.5 Å². The molecule has 0 aliphatic heterocycles. The molecule has 1 aromatic rings. The van der Waals surface area contributed by atoms with Gasteiger partial charge in [0, 0.05) is 4.88 Å². The van der Waals surface area contributed by atoms with Crippen LogP contribution in [0.3, 0.4) is 0 Å². The van der Waals surface area contributed by atoms with Crippen molar-refractivity contribution in [1.82, 2.24) is 5.32 Å². The summed E-state index contributed by atoms with van der Waals surface area (Å²) in [5, 5.41) is 2.29. The predicted octanol–water partition coefficient (Wildman–Crippen LogP) is 5.10. The van der Waals surface area contributed by atoms with E-state index in [2.05, 4.69) is 0 Å². The van der Waals surface area contributed by atoms with Crippen molar-refractivity contribution in [2.45, 2.75) is 42.3 Å². The molecule has 162 valence electrons. The Morgan fingerprint density at radius 2 is 1.25 bits per heavy atom. The molecule has 1 amide bonds. The largest absolute Gasteiger partial charge is 0.460 e. The molecular weight excluding hydrogens is 453 g/mol. The summed E-state index contributed by atoms with van der Waals surface area (Å²) in [6, 6.07) is 2.43. The molecule has 1 rings (SSSR count). The van der Waals surface area contributed by atoms with E-state index in [-0.39, 0.29) is 4.88 Å². The molecule has 1 N–H and O–H groups in total. The molecule has 0 aliphatic rings. The fraction of sp³-hybridized carbons (Fsp3) is 0.583. The fourth-order valence-corrected chi connectivity index (χ4v) is 2.25.